The van der Waals surface area contributed by atoms with Gasteiger partial charge in [0.15, 0.2) is 36.2 Å². The number of ether oxygens (including phenoxy) is 28. The zero-order chi connectivity index (χ0) is 88.6. The molecule has 45 nitrogen and oxygen atoms in total. The quantitative estimate of drug-likeness (QED) is 0.0545. The number of unbranched alkanes of at least 4 members (excludes halogenated alkanes) is 1. The van der Waals surface area contributed by atoms with Gasteiger partial charge in [0.1, 0.15) is 99.8 Å². The fourth-order valence-corrected chi connectivity index (χ4v) is 15.9. The first kappa shape index (κ1) is 98.1. The van der Waals surface area contributed by atoms with Gasteiger partial charge in [-0.15, -0.1) is 15.3 Å². The van der Waals surface area contributed by atoms with Crippen molar-refractivity contribution in [1.82, 2.24) is 66.2 Å². The summed E-state index contributed by atoms with van der Waals surface area (Å²) >= 11 is 0. The molecule has 0 radical (unpaired) electrons. The van der Waals surface area contributed by atoms with Crippen LogP contribution in [0.15, 0.2) is 18.6 Å². The normalized spacial score (nSPS) is 28.4. The number of hydrogen-bond acceptors (Lipinski definition) is 38. The third-order valence-corrected chi connectivity index (χ3v) is 21.2. The fraction of sp³-hybridized carbons (Fsp3) is 0.875. The molecule has 12 heterocycles. The van der Waals surface area contributed by atoms with Crippen LogP contribution < -0.4 is 21.3 Å². The van der Waals surface area contributed by atoms with Gasteiger partial charge in [-0.3, -0.25) is 19.1 Å². The van der Waals surface area contributed by atoms with Gasteiger partial charge in [0, 0.05) is 33.9 Å². The maximum absolute atomic E-state index is 13.8. The number of hydrogen-bond donors (Lipinski definition) is 4. The van der Waals surface area contributed by atoms with Crippen molar-refractivity contribution < 1.29 is 152 Å². The third kappa shape index (κ3) is 29.0. The average Bonchev–Trinajstić information content (AvgIpc) is 1.58. The number of nitrogens with one attached hydrogen (secondary N) is 4. The van der Waals surface area contributed by atoms with E-state index >= 15 is 0 Å². The van der Waals surface area contributed by atoms with Crippen LogP contribution in [-0.2, 0) is 186 Å². The minimum Gasteiger partial charge on any atom is -0.444 e. The lowest BCUT2D eigenvalue weighted by atomic mass is 9.88. The van der Waals surface area contributed by atoms with E-state index in [4.69, 9.17) is 133 Å². The summed E-state index contributed by atoms with van der Waals surface area (Å²) in [4.78, 5) is 49.7. The van der Waals surface area contributed by atoms with E-state index in [9.17, 15) is 19.2 Å². The van der Waals surface area contributed by atoms with Gasteiger partial charge in [-0.25, -0.2) is 14.2 Å². The van der Waals surface area contributed by atoms with Gasteiger partial charge in [0.2, 0.25) is 17.7 Å². The van der Waals surface area contributed by atoms with E-state index < -0.39 is 125 Å². The van der Waals surface area contributed by atoms with E-state index in [-0.39, 0.29) is 97.0 Å². The van der Waals surface area contributed by atoms with Crippen molar-refractivity contribution in [1.29, 1.82) is 0 Å². The summed E-state index contributed by atoms with van der Waals surface area (Å²) in [6, 6.07) is -1.54. The SMILES string of the molecule is CC(=O)N[C@H]1[C@H]2OC[C@](COCCOCCOCCOCCCCn3cc(COCC(COCc4cn(CCOCCOCCOCCOC[C@@]56CO[C@@H](O5)[C@H](NC(C)=O)[C@H]5OC(C)(C)O[C@H]56)nn4)(COCc4cn(CCOCCOCCOCCOC[C@@]56CO[C@@H](O5)[C@H](NC(C)=O)[C@H]5OC(C)(C)O[C@H]56)nn4)NC(=O)OC(C)(C)C)nn3)(O2)[C@@H]2OC(C)(C)O[C@H]12. The van der Waals surface area contributed by atoms with Crippen LogP contribution in [0.5, 0.6) is 0 Å². The van der Waals surface area contributed by atoms with E-state index in [1.54, 1.807) is 53.4 Å². The summed E-state index contributed by atoms with van der Waals surface area (Å²) in [5, 5.41) is 37.6. The number of amides is 4. The molecule has 125 heavy (non-hydrogen) atoms. The Bertz CT molecular complexity index is 3640. The molecule has 0 unspecified atom stereocenters. The zero-order valence-electron chi connectivity index (χ0n) is 74.1. The molecule has 3 aromatic heterocycles. The van der Waals surface area contributed by atoms with E-state index in [1.807, 2.05) is 41.5 Å². The lowest BCUT2D eigenvalue weighted by Crippen LogP contribution is -2.65. The van der Waals surface area contributed by atoms with Crippen LogP contribution in [0.3, 0.4) is 0 Å². The number of carbonyl (C=O) groups is 4. The average molecular weight is 1790 g/mol. The van der Waals surface area contributed by atoms with Crippen LogP contribution in [0.1, 0.15) is 113 Å². The molecule has 4 N–H and O–H groups in total. The van der Waals surface area contributed by atoms with Crippen LogP contribution in [0.25, 0.3) is 0 Å². The van der Waals surface area contributed by atoms with Gasteiger partial charge in [-0.2, -0.15) is 0 Å². The maximum Gasteiger partial charge on any atom is 0.408 e. The Morgan fingerprint density at radius 2 is 0.664 bits per heavy atom. The summed E-state index contributed by atoms with van der Waals surface area (Å²) < 4.78 is 174. The number of aryl methyl sites for hydroxylation is 1. The first-order valence-electron chi connectivity index (χ1n) is 43.1. The molecule has 3 aromatic rings. The molecule has 9 aliphatic heterocycles. The summed E-state index contributed by atoms with van der Waals surface area (Å²) in [5.74, 6) is -3.24. The van der Waals surface area contributed by atoms with Gasteiger partial charge in [0.25, 0.3) is 0 Å². The monoisotopic (exact) mass is 1790 g/mol. The number of aromatic nitrogens is 9. The zero-order valence-corrected chi connectivity index (χ0v) is 74.1. The number of alkyl carbamates (subject to hydrolysis) is 1. The minimum atomic E-state index is -1.35. The van der Waals surface area contributed by atoms with Crippen LogP contribution >= 0.6 is 0 Å². The molecular formula is C80H131N13O32. The molecule has 0 aliphatic carbocycles. The smallest absolute Gasteiger partial charge is 0.408 e. The molecule has 0 saturated carbocycles. The molecule has 9 fully saturated rings. The lowest BCUT2D eigenvalue weighted by Gasteiger charge is -2.42. The first-order valence-corrected chi connectivity index (χ1v) is 43.1. The van der Waals surface area contributed by atoms with Gasteiger partial charge in [-0.1, -0.05) is 15.6 Å². The number of nitrogens with zero attached hydrogens (tertiary/aromatic N) is 9. The van der Waals surface area contributed by atoms with Crippen molar-refractivity contribution in [2.75, 3.05) is 198 Å². The maximum atomic E-state index is 13.8. The van der Waals surface area contributed by atoms with Crippen molar-refractivity contribution in [3.8, 4) is 0 Å². The Hall–Kier alpha value is -5.98. The van der Waals surface area contributed by atoms with E-state index in [1.165, 1.54) is 20.8 Å². The second kappa shape index (κ2) is 46.2. The van der Waals surface area contributed by atoms with Crippen LogP contribution in [-0.4, -0.2) is 386 Å². The van der Waals surface area contributed by atoms with Crippen LogP contribution in [0, 0.1) is 0 Å². The highest BCUT2D eigenvalue weighted by Gasteiger charge is 2.69. The van der Waals surface area contributed by atoms with Crippen molar-refractivity contribution in [3.05, 3.63) is 35.7 Å². The Labute approximate surface area is 727 Å². The predicted octanol–water partition coefficient (Wildman–Crippen LogP) is 0.104. The molecule has 9 saturated heterocycles. The summed E-state index contributed by atoms with van der Waals surface area (Å²) in [6.45, 7) is 30.5. The topological polar surface area (TPSA) is 467 Å². The van der Waals surface area contributed by atoms with E-state index in [2.05, 4.69) is 52.2 Å². The third-order valence-electron chi connectivity index (χ3n) is 21.2. The standard InChI is InChI=1S/C80H131N13O32/c1-54(94)81-60-63-66(119-74(7,8)116-63)78(51-113-69(60)122-78)48-107-36-33-104-30-27-101-24-21-98-18-14-13-15-91-39-57(85-88-91)42-110-45-77(84-72(97)125-73(4,5)6,46-111-43-58-40-92(89-86-58)16-19-99-22-25-102-28-31-105-34-37-108-49-79-52-114-70(123-79)61(82-55(2)95)64-67(79)120-75(9,10)117-64)47-112-44-59-41-93(90-87-59)17-20-100-23-26-103-29-32-106-35-38-109-50-80-53-115-71(124-80)62(83-56(3)96)65-68(80)121-76(11,12)118-65/h39-41,60-71H,13-38,42-53H2,1-12H3,(H,81,94)(H,82,95)(H,83,96)(H,84,97)/t60-,61-,62-,63-,64-,65-,66-,67-,68-,69+,70+,71+,78+,79+,80+/m1/s1. The van der Waals surface area contributed by atoms with Gasteiger partial charge in [0.05, 0.1) is 243 Å². The molecule has 708 valence electrons. The molecule has 9 aliphatic rings. The molecule has 6 bridgehead atoms. The molecule has 4 amide bonds. The second-order valence-corrected chi connectivity index (χ2v) is 34.5. The number of carbonyl (C=O) groups excluding carboxylic acids is 4. The molecule has 15 atom stereocenters. The lowest BCUT2D eigenvalue weighted by molar-refractivity contribution is -0.214. The fourth-order valence-electron chi connectivity index (χ4n) is 15.9. The Kier molecular flexibility index (Phi) is 36.2. The van der Waals surface area contributed by atoms with Crippen molar-refractivity contribution in [2.24, 2.45) is 0 Å². The van der Waals surface area contributed by atoms with Crippen molar-refractivity contribution >= 4 is 23.8 Å². The molecule has 0 aromatic carbocycles. The van der Waals surface area contributed by atoms with Gasteiger partial charge >= 0.3 is 6.09 Å². The highest BCUT2D eigenvalue weighted by molar-refractivity contribution is 5.74. The summed E-state index contributed by atoms with van der Waals surface area (Å²) in [6.07, 6.45) is 1.19. The summed E-state index contributed by atoms with van der Waals surface area (Å²) in [5.41, 5.74) is -3.27. The second-order valence-electron chi connectivity index (χ2n) is 34.5. The Morgan fingerprint density at radius 1 is 0.376 bits per heavy atom. The van der Waals surface area contributed by atoms with Gasteiger partial charge < -0.3 is 154 Å². The molecule has 12 rings (SSSR count). The highest BCUT2D eigenvalue weighted by Crippen LogP contribution is 2.50. The molecule has 0 spiro atoms. The first-order chi connectivity index (χ1) is 60.0. The molecular weight excluding hydrogens is 1650 g/mol. The minimum absolute atomic E-state index is 0.00748. The van der Waals surface area contributed by atoms with E-state index in [0.29, 0.717) is 175 Å². The van der Waals surface area contributed by atoms with Gasteiger partial charge in [-0.05, 0) is 75.2 Å². The molecule has 45 heteroatoms. The number of fused-ring (bicyclic) bond motifs is 12. The van der Waals surface area contributed by atoms with Crippen molar-refractivity contribution in [3.63, 3.8) is 0 Å². The van der Waals surface area contributed by atoms with Crippen LogP contribution in [0.2, 0.25) is 0 Å². The van der Waals surface area contributed by atoms with Crippen molar-refractivity contribution in [2.45, 2.75) is 254 Å². The largest absolute Gasteiger partial charge is 0.444 e. The predicted molar refractivity (Wildman–Crippen MR) is 425 cm³/mol. The highest BCUT2D eigenvalue weighted by atomic mass is 16.8. The number of rotatable bonds is 60. The van der Waals surface area contributed by atoms with Crippen LogP contribution in [0.4, 0.5) is 4.79 Å². The summed E-state index contributed by atoms with van der Waals surface area (Å²) in [7, 11) is 0. The Morgan fingerprint density at radius 3 is 0.968 bits per heavy atom. The Balaban J connectivity index is 0.531. The van der Waals surface area contributed by atoms with E-state index in [0.717, 1.165) is 12.8 Å².